The highest BCUT2D eigenvalue weighted by Crippen LogP contribution is 2.26. The normalized spacial score (nSPS) is 10.3. The lowest BCUT2D eigenvalue weighted by molar-refractivity contribution is 0.0600. The number of furan rings is 1. The van der Waals surface area contributed by atoms with Gasteiger partial charge in [0, 0.05) is 4.47 Å². The molecule has 0 radical (unpaired) electrons. The summed E-state index contributed by atoms with van der Waals surface area (Å²) in [4.78, 5) is 11.3. The summed E-state index contributed by atoms with van der Waals surface area (Å²) in [7, 11) is 1.33. The molecule has 0 unspecified atom stereocenters. The maximum Gasteiger partial charge on any atom is 0.341 e. The minimum Gasteiger partial charge on any atom is -0.467 e. The second-order valence-electron chi connectivity index (χ2n) is 3.77. The van der Waals surface area contributed by atoms with Crippen molar-refractivity contribution in [2.24, 2.45) is 0 Å². The Labute approximate surface area is 123 Å². The van der Waals surface area contributed by atoms with Gasteiger partial charge in [-0.2, -0.15) is 0 Å². The molecule has 100 valence electrons. The summed E-state index contributed by atoms with van der Waals surface area (Å²) < 4.78 is 10.8. The standard InChI is InChI=1S/C13H11BrClNO3/c1-18-13(17)8-4-10(19-7-8)6-16-12-3-2-9(14)5-11(12)15/h2-5,7,16H,6H2,1H3. The molecule has 1 aromatic carbocycles. The molecule has 0 atom stereocenters. The van der Waals surface area contributed by atoms with E-state index in [9.17, 15) is 4.79 Å². The molecule has 0 aliphatic rings. The van der Waals surface area contributed by atoms with Crippen LogP contribution in [0.3, 0.4) is 0 Å². The molecule has 6 heteroatoms. The first-order valence-electron chi connectivity index (χ1n) is 5.45. The molecule has 0 fully saturated rings. The van der Waals surface area contributed by atoms with Crippen LogP contribution in [-0.4, -0.2) is 13.1 Å². The van der Waals surface area contributed by atoms with Crippen LogP contribution < -0.4 is 5.32 Å². The van der Waals surface area contributed by atoms with Gasteiger partial charge in [0.15, 0.2) is 0 Å². The summed E-state index contributed by atoms with van der Waals surface area (Å²) in [6.45, 7) is 0.429. The predicted molar refractivity (Wildman–Crippen MR) is 76.5 cm³/mol. The van der Waals surface area contributed by atoms with Crippen LogP contribution in [0.15, 0.2) is 39.4 Å². The molecule has 4 nitrogen and oxygen atoms in total. The van der Waals surface area contributed by atoms with E-state index in [1.807, 2.05) is 12.1 Å². The van der Waals surface area contributed by atoms with E-state index in [2.05, 4.69) is 26.0 Å². The molecule has 0 bridgehead atoms. The molecule has 0 saturated heterocycles. The Bertz CT molecular complexity index is 597. The number of hydrogen-bond acceptors (Lipinski definition) is 4. The molecule has 19 heavy (non-hydrogen) atoms. The summed E-state index contributed by atoms with van der Waals surface area (Å²) >= 11 is 9.41. The molecule has 1 N–H and O–H groups in total. The van der Waals surface area contributed by atoms with Crippen LogP contribution in [0.5, 0.6) is 0 Å². The van der Waals surface area contributed by atoms with Gasteiger partial charge in [-0.25, -0.2) is 4.79 Å². The lowest BCUT2D eigenvalue weighted by Crippen LogP contribution is -2.00. The van der Waals surface area contributed by atoms with Crippen molar-refractivity contribution in [1.29, 1.82) is 0 Å². The highest BCUT2D eigenvalue weighted by atomic mass is 79.9. The van der Waals surface area contributed by atoms with E-state index in [1.165, 1.54) is 13.4 Å². The van der Waals surface area contributed by atoms with E-state index in [0.29, 0.717) is 22.9 Å². The zero-order valence-electron chi connectivity index (χ0n) is 10.1. The van der Waals surface area contributed by atoms with Crippen molar-refractivity contribution in [3.63, 3.8) is 0 Å². The third-order valence-electron chi connectivity index (χ3n) is 2.46. The van der Waals surface area contributed by atoms with Crippen molar-refractivity contribution in [1.82, 2.24) is 0 Å². The minimum atomic E-state index is -0.420. The molecule has 0 spiro atoms. The average molecular weight is 345 g/mol. The van der Waals surface area contributed by atoms with Gasteiger partial charge in [-0.1, -0.05) is 27.5 Å². The summed E-state index contributed by atoms with van der Waals surface area (Å²) in [5, 5.41) is 3.73. The third kappa shape index (κ3) is 3.52. The first-order valence-corrected chi connectivity index (χ1v) is 6.62. The minimum absolute atomic E-state index is 0.390. The first-order chi connectivity index (χ1) is 9.10. The topological polar surface area (TPSA) is 51.5 Å². The van der Waals surface area contributed by atoms with Crippen LogP contribution >= 0.6 is 27.5 Å². The van der Waals surface area contributed by atoms with Gasteiger partial charge in [0.2, 0.25) is 0 Å². The Morgan fingerprint density at radius 1 is 1.47 bits per heavy atom. The van der Waals surface area contributed by atoms with Gasteiger partial charge in [0.05, 0.1) is 29.9 Å². The van der Waals surface area contributed by atoms with Gasteiger partial charge >= 0.3 is 5.97 Å². The average Bonchev–Trinajstić information content (AvgIpc) is 2.85. The molecular formula is C13H11BrClNO3. The van der Waals surface area contributed by atoms with E-state index < -0.39 is 5.97 Å². The lowest BCUT2D eigenvalue weighted by Gasteiger charge is -2.06. The molecule has 2 aromatic rings. The number of rotatable bonds is 4. The van der Waals surface area contributed by atoms with Crippen molar-refractivity contribution in [2.75, 3.05) is 12.4 Å². The smallest absolute Gasteiger partial charge is 0.341 e. The number of anilines is 1. The van der Waals surface area contributed by atoms with E-state index in [4.69, 9.17) is 16.0 Å². The fraction of sp³-hybridized carbons (Fsp3) is 0.154. The Morgan fingerprint density at radius 2 is 2.26 bits per heavy atom. The van der Waals surface area contributed by atoms with Gasteiger partial charge in [-0.3, -0.25) is 0 Å². The van der Waals surface area contributed by atoms with Crippen LogP contribution in [0.2, 0.25) is 5.02 Å². The molecule has 1 heterocycles. The monoisotopic (exact) mass is 343 g/mol. The molecule has 2 rings (SSSR count). The van der Waals surface area contributed by atoms with Crippen molar-refractivity contribution >= 4 is 39.2 Å². The van der Waals surface area contributed by atoms with Crippen LogP contribution in [0.25, 0.3) is 0 Å². The number of carbonyl (C=O) groups is 1. The SMILES string of the molecule is COC(=O)c1coc(CNc2ccc(Br)cc2Cl)c1. The second kappa shape index (κ2) is 6.12. The summed E-state index contributed by atoms with van der Waals surface area (Å²) in [5.74, 6) is 0.205. The van der Waals surface area contributed by atoms with Gasteiger partial charge in [0.1, 0.15) is 12.0 Å². The highest BCUT2D eigenvalue weighted by molar-refractivity contribution is 9.10. The number of benzene rings is 1. The lowest BCUT2D eigenvalue weighted by atomic mass is 10.3. The number of hydrogen-bond donors (Lipinski definition) is 1. The summed E-state index contributed by atoms with van der Waals surface area (Å²) in [6.07, 6.45) is 1.37. The quantitative estimate of drug-likeness (QED) is 0.849. The van der Waals surface area contributed by atoms with Crippen molar-refractivity contribution in [3.05, 3.63) is 51.3 Å². The Morgan fingerprint density at radius 3 is 2.95 bits per heavy atom. The maximum atomic E-state index is 11.3. The van der Waals surface area contributed by atoms with Gasteiger partial charge < -0.3 is 14.5 Å². The van der Waals surface area contributed by atoms with Gasteiger partial charge in [-0.15, -0.1) is 0 Å². The molecular weight excluding hydrogens is 334 g/mol. The highest BCUT2D eigenvalue weighted by Gasteiger charge is 2.10. The van der Waals surface area contributed by atoms with E-state index in [0.717, 1.165) is 10.2 Å². The number of methoxy groups -OCH3 is 1. The largest absolute Gasteiger partial charge is 0.467 e. The van der Waals surface area contributed by atoms with E-state index in [1.54, 1.807) is 12.1 Å². The fourth-order valence-corrected chi connectivity index (χ4v) is 2.25. The van der Waals surface area contributed by atoms with E-state index in [-0.39, 0.29) is 0 Å². The summed E-state index contributed by atoms with van der Waals surface area (Å²) in [6, 6.07) is 7.17. The number of ether oxygens (including phenoxy) is 1. The molecule has 1 aromatic heterocycles. The van der Waals surface area contributed by atoms with Crippen LogP contribution in [-0.2, 0) is 11.3 Å². The van der Waals surface area contributed by atoms with Crippen molar-refractivity contribution < 1.29 is 13.9 Å². The molecule has 0 saturated carbocycles. The Kier molecular flexibility index (Phi) is 4.50. The van der Waals surface area contributed by atoms with Gasteiger partial charge in [0.25, 0.3) is 0 Å². The van der Waals surface area contributed by atoms with Crippen LogP contribution in [0, 0.1) is 0 Å². The number of esters is 1. The fourth-order valence-electron chi connectivity index (χ4n) is 1.51. The predicted octanol–water partition coefficient (Wildman–Crippen LogP) is 4.09. The third-order valence-corrected chi connectivity index (χ3v) is 3.27. The molecule has 0 amide bonds. The van der Waals surface area contributed by atoms with E-state index >= 15 is 0 Å². The van der Waals surface area contributed by atoms with Gasteiger partial charge in [-0.05, 0) is 24.3 Å². The number of halogens is 2. The Hall–Kier alpha value is -1.46. The first kappa shape index (κ1) is 14.0. The number of nitrogens with one attached hydrogen (secondary N) is 1. The van der Waals surface area contributed by atoms with Crippen molar-refractivity contribution in [3.8, 4) is 0 Å². The zero-order chi connectivity index (χ0) is 13.8. The molecule has 0 aliphatic heterocycles. The second-order valence-corrected chi connectivity index (χ2v) is 5.09. The van der Waals surface area contributed by atoms with Crippen molar-refractivity contribution in [2.45, 2.75) is 6.54 Å². The van der Waals surface area contributed by atoms with Crippen LogP contribution in [0.1, 0.15) is 16.1 Å². The number of carbonyl (C=O) groups excluding carboxylic acids is 1. The Balaban J connectivity index is 2.02. The zero-order valence-corrected chi connectivity index (χ0v) is 12.4. The summed E-state index contributed by atoms with van der Waals surface area (Å²) in [5.41, 5.74) is 1.18. The maximum absolute atomic E-state index is 11.3. The molecule has 0 aliphatic carbocycles. The van der Waals surface area contributed by atoms with Crippen LogP contribution in [0.4, 0.5) is 5.69 Å².